The lowest BCUT2D eigenvalue weighted by Crippen LogP contribution is -2.44. The van der Waals surface area contributed by atoms with Crippen molar-refractivity contribution in [2.24, 2.45) is 0 Å². The molecule has 3 aromatic rings. The Morgan fingerprint density at radius 1 is 0.938 bits per heavy atom. The zero-order valence-corrected chi connectivity index (χ0v) is 17.8. The van der Waals surface area contributed by atoms with Gasteiger partial charge in [-0.1, -0.05) is 42.5 Å². The summed E-state index contributed by atoms with van der Waals surface area (Å²) in [5.41, 5.74) is 0.671. The molecule has 6 heteroatoms. The van der Waals surface area contributed by atoms with Gasteiger partial charge in [0.2, 0.25) is 0 Å². The molecule has 1 aliphatic rings. The average Bonchev–Trinajstić information content (AvgIpc) is 2.80. The Balaban J connectivity index is 1.32. The van der Waals surface area contributed by atoms with Crippen molar-refractivity contribution in [3.05, 3.63) is 101 Å². The fourth-order valence-electron chi connectivity index (χ4n) is 4.12. The van der Waals surface area contributed by atoms with Gasteiger partial charge in [0.05, 0.1) is 11.7 Å². The van der Waals surface area contributed by atoms with Crippen LogP contribution in [0.3, 0.4) is 0 Å². The van der Waals surface area contributed by atoms with Crippen LogP contribution in [-0.4, -0.2) is 34.7 Å². The molecular formula is C26H27F2NO3. The molecular weight excluding hydrogens is 412 g/mol. The van der Waals surface area contributed by atoms with Crippen molar-refractivity contribution in [3.8, 4) is 5.75 Å². The van der Waals surface area contributed by atoms with Gasteiger partial charge in [-0.05, 0) is 48.2 Å². The number of nitrogens with zero attached hydrogens (tertiary/aromatic N) is 1. The Kier molecular flexibility index (Phi) is 6.84. The van der Waals surface area contributed by atoms with Crippen molar-refractivity contribution in [3.63, 3.8) is 0 Å². The lowest BCUT2D eigenvalue weighted by molar-refractivity contribution is -0.0348. The second-order valence-corrected chi connectivity index (χ2v) is 8.32. The van der Waals surface area contributed by atoms with E-state index in [-0.39, 0.29) is 17.9 Å². The van der Waals surface area contributed by atoms with Crippen LogP contribution >= 0.6 is 0 Å². The molecule has 1 unspecified atom stereocenters. The third kappa shape index (κ3) is 5.33. The Morgan fingerprint density at radius 2 is 1.69 bits per heavy atom. The summed E-state index contributed by atoms with van der Waals surface area (Å²) in [6.07, 6.45) is -0.172. The Bertz CT molecular complexity index is 1040. The van der Waals surface area contributed by atoms with E-state index in [1.54, 1.807) is 24.3 Å². The first kappa shape index (κ1) is 22.4. The third-order valence-corrected chi connectivity index (χ3v) is 6.06. The fourth-order valence-corrected chi connectivity index (χ4v) is 4.12. The van der Waals surface area contributed by atoms with E-state index < -0.39 is 17.5 Å². The minimum Gasteiger partial charge on any atom is -0.489 e. The minimum absolute atomic E-state index is 0.211. The number of benzene rings is 3. The van der Waals surface area contributed by atoms with Crippen LogP contribution < -0.4 is 4.74 Å². The van der Waals surface area contributed by atoms with Crippen LogP contribution in [0.1, 0.15) is 35.6 Å². The molecule has 0 amide bonds. The van der Waals surface area contributed by atoms with E-state index in [9.17, 15) is 19.0 Å². The van der Waals surface area contributed by atoms with Crippen LogP contribution in [0.2, 0.25) is 0 Å². The van der Waals surface area contributed by atoms with E-state index in [1.807, 2.05) is 35.2 Å². The predicted octanol–water partition coefficient (Wildman–Crippen LogP) is 4.56. The van der Waals surface area contributed by atoms with E-state index in [4.69, 9.17) is 4.74 Å². The number of hydrogen-bond acceptors (Lipinski definition) is 4. The highest BCUT2D eigenvalue weighted by Crippen LogP contribution is 2.34. The molecule has 3 aromatic carbocycles. The van der Waals surface area contributed by atoms with Gasteiger partial charge >= 0.3 is 0 Å². The topological polar surface area (TPSA) is 52.9 Å². The summed E-state index contributed by atoms with van der Waals surface area (Å²) in [4.78, 5) is 1.98. The molecule has 4 nitrogen and oxygen atoms in total. The molecule has 0 radical (unpaired) electrons. The second kappa shape index (κ2) is 9.77. The number of piperidine rings is 1. The highest BCUT2D eigenvalue weighted by molar-refractivity contribution is 5.31. The molecule has 1 atom stereocenters. The van der Waals surface area contributed by atoms with Gasteiger partial charge in [-0.3, -0.25) is 0 Å². The molecule has 1 heterocycles. The molecule has 0 saturated carbocycles. The Labute approximate surface area is 186 Å². The SMILES string of the molecule is OC(CN1CCC(O)(c2cccc(F)c2)CC1)c1ccc(OCc2ccccc2)cc1F. The van der Waals surface area contributed by atoms with Crippen LogP contribution in [0.5, 0.6) is 5.75 Å². The first-order chi connectivity index (χ1) is 15.4. The number of hydrogen-bond donors (Lipinski definition) is 2. The summed E-state index contributed by atoms with van der Waals surface area (Å²) >= 11 is 0. The maximum Gasteiger partial charge on any atom is 0.132 e. The van der Waals surface area contributed by atoms with Crippen molar-refractivity contribution in [2.45, 2.75) is 31.2 Å². The second-order valence-electron chi connectivity index (χ2n) is 8.32. The lowest BCUT2D eigenvalue weighted by Gasteiger charge is -2.39. The number of likely N-dealkylation sites (tertiary alicyclic amines) is 1. The number of rotatable bonds is 7. The van der Waals surface area contributed by atoms with Gasteiger partial charge < -0.3 is 19.8 Å². The normalized spacial score (nSPS) is 17.1. The first-order valence-electron chi connectivity index (χ1n) is 10.8. The Hall–Kier alpha value is -2.80. The number of halogens is 2. The molecule has 1 aliphatic heterocycles. The summed E-state index contributed by atoms with van der Waals surface area (Å²) in [5.74, 6) is -0.489. The van der Waals surface area contributed by atoms with E-state index in [0.717, 1.165) is 5.56 Å². The number of ether oxygens (including phenoxy) is 1. The van der Waals surface area contributed by atoms with Crippen LogP contribution in [0.25, 0.3) is 0 Å². The van der Waals surface area contributed by atoms with E-state index in [2.05, 4.69) is 0 Å². The van der Waals surface area contributed by atoms with Gasteiger partial charge in [0, 0.05) is 31.3 Å². The summed E-state index contributed by atoms with van der Waals surface area (Å²) < 4.78 is 33.8. The highest BCUT2D eigenvalue weighted by Gasteiger charge is 2.34. The lowest BCUT2D eigenvalue weighted by atomic mass is 9.84. The number of aliphatic hydroxyl groups excluding tert-OH is 1. The van der Waals surface area contributed by atoms with Crippen LogP contribution in [-0.2, 0) is 12.2 Å². The molecule has 168 valence electrons. The van der Waals surface area contributed by atoms with E-state index in [0.29, 0.717) is 43.9 Å². The first-order valence-corrected chi connectivity index (χ1v) is 10.8. The van der Waals surface area contributed by atoms with Gasteiger partial charge in [-0.25, -0.2) is 8.78 Å². The summed E-state index contributed by atoms with van der Waals surface area (Å²) in [7, 11) is 0. The smallest absolute Gasteiger partial charge is 0.132 e. The molecule has 0 aliphatic carbocycles. The number of aliphatic hydroxyl groups is 2. The molecule has 32 heavy (non-hydrogen) atoms. The molecule has 1 fully saturated rings. The maximum atomic E-state index is 14.6. The minimum atomic E-state index is -1.09. The quantitative estimate of drug-likeness (QED) is 0.567. The van der Waals surface area contributed by atoms with Crippen molar-refractivity contribution >= 4 is 0 Å². The average molecular weight is 440 g/mol. The van der Waals surface area contributed by atoms with Gasteiger partial charge in [0.25, 0.3) is 0 Å². The monoisotopic (exact) mass is 439 g/mol. The summed E-state index contributed by atoms with van der Waals surface area (Å²) in [5, 5.41) is 21.5. The molecule has 4 rings (SSSR count). The summed E-state index contributed by atoms with van der Waals surface area (Å²) in [6, 6.07) is 20.1. The van der Waals surface area contributed by atoms with Gasteiger partial charge in [-0.15, -0.1) is 0 Å². The fraction of sp³-hybridized carbons (Fsp3) is 0.308. The summed E-state index contributed by atoms with van der Waals surface area (Å²) in [6.45, 7) is 1.62. The third-order valence-electron chi connectivity index (χ3n) is 6.06. The van der Waals surface area contributed by atoms with Crippen LogP contribution in [0.15, 0.2) is 72.8 Å². The van der Waals surface area contributed by atoms with Crippen LogP contribution in [0, 0.1) is 11.6 Å². The van der Waals surface area contributed by atoms with Crippen molar-refractivity contribution in [2.75, 3.05) is 19.6 Å². The highest BCUT2D eigenvalue weighted by atomic mass is 19.1. The van der Waals surface area contributed by atoms with E-state index in [1.165, 1.54) is 18.2 Å². The molecule has 0 bridgehead atoms. The Morgan fingerprint density at radius 3 is 2.38 bits per heavy atom. The molecule has 0 spiro atoms. The van der Waals surface area contributed by atoms with Crippen molar-refractivity contribution in [1.82, 2.24) is 4.90 Å². The number of β-amino-alcohol motifs (C(OH)–C–C–N with tert-alkyl or cyclic N) is 1. The van der Waals surface area contributed by atoms with Crippen molar-refractivity contribution in [1.29, 1.82) is 0 Å². The standard InChI is InChI=1S/C26H27F2NO3/c27-21-8-4-7-20(15-21)26(31)11-13-29(14-12-26)17-25(30)23-10-9-22(16-24(23)28)32-18-19-5-2-1-3-6-19/h1-10,15-16,25,30-31H,11-14,17-18H2. The van der Waals surface area contributed by atoms with Gasteiger partial charge in [0.1, 0.15) is 24.0 Å². The zero-order chi connectivity index (χ0) is 22.6. The molecule has 1 saturated heterocycles. The van der Waals surface area contributed by atoms with Crippen LogP contribution in [0.4, 0.5) is 8.78 Å². The molecule has 2 N–H and O–H groups in total. The largest absolute Gasteiger partial charge is 0.489 e. The van der Waals surface area contributed by atoms with Gasteiger partial charge in [-0.2, -0.15) is 0 Å². The van der Waals surface area contributed by atoms with Crippen molar-refractivity contribution < 1.29 is 23.7 Å². The predicted molar refractivity (Wildman–Crippen MR) is 118 cm³/mol. The van der Waals surface area contributed by atoms with E-state index >= 15 is 0 Å². The maximum absolute atomic E-state index is 14.6. The zero-order valence-electron chi connectivity index (χ0n) is 17.8. The molecule has 0 aromatic heterocycles. The van der Waals surface area contributed by atoms with Gasteiger partial charge in [0.15, 0.2) is 0 Å².